The SMILES string of the molecule is COC(=O)CCc1ccc(-c2nnc(-c3ccc(C(=N)N)cc3)s2)cc1. The van der Waals surface area contributed by atoms with Crippen LogP contribution >= 0.6 is 11.3 Å². The van der Waals surface area contributed by atoms with Gasteiger partial charge in [0, 0.05) is 23.1 Å². The van der Waals surface area contributed by atoms with Crippen LogP contribution in [0.3, 0.4) is 0 Å². The van der Waals surface area contributed by atoms with Gasteiger partial charge in [0.1, 0.15) is 15.9 Å². The highest BCUT2D eigenvalue weighted by Crippen LogP contribution is 2.30. The first-order valence-corrected chi connectivity index (χ1v) is 8.83. The van der Waals surface area contributed by atoms with Crippen LogP contribution in [0.15, 0.2) is 48.5 Å². The fourth-order valence-electron chi connectivity index (χ4n) is 2.41. The minimum atomic E-state index is -0.210. The normalized spacial score (nSPS) is 10.5. The van der Waals surface area contributed by atoms with Gasteiger partial charge in [0.25, 0.3) is 0 Å². The number of aromatic nitrogens is 2. The Morgan fingerprint density at radius 1 is 1.04 bits per heavy atom. The fraction of sp³-hybridized carbons (Fsp3) is 0.158. The van der Waals surface area contributed by atoms with Crippen LogP contribution in [0.4, 0.5) is 0 Å². The van der Waals surface area contributed by atoms with Crippen LogP contribution in [0.5, 0.6) is 0 Å². The second-order valence-electron chi connectivity index (χ2n) is 5.68. The topological polar surface area (TPSA) is 102 Å². The number of rotatable bonds is 6. The van der Waals surface area contributed by atoms with E-state index in [2.05, 4.69) is 14.9 Å². The molecule has 0 saturated heterocycles. The molecule has 1 heterocycles. The van der Waals surface area contributed by atoms with E-state index in [1.807, 2.05) is 36.4 Å². The number of benzene rings is 2. The van der Waals surface area contributed by atoms with Crippen molar-refractivity contribution in [3.63, 3.8) is 0 Å². The van der Waals surface area contributed by atoms with Gasteiger partial charge in [-0.15, -0.1) is 10.2 Å². The molecule has 0 saturated carbocycles. The fourth-order valence-corrected chi connectivity index (χ4v) is 3.27. The van der Waals surface area contributed by atoms with Crippen molar-refractivity contribution in [1.29, 1.82) is 5.41 Å². The number of amidine groups is 1. The molecule has 3 aromatic rings. The van der Waals surface area contributed by atoms with E-state index in [9.17, 15) is 4.79 Å². The molecule has 0 aliphatic heterocycles. The Kier molecular flexibility index (Phi) is 5.38. The summed E-state index contributed by atoms with van der Waals surface area (Å²) in [6, 6.07) is 15.3. The molecular weight excluding hydrogens is 348 g/mol. The molecule has 3 N–H and O–H groups in total. The average molecular weight is 366 g/mol. The second-order valence-corrected chi connectivity index (χ2v) is 6.65. The quantitative estimate of drug-likeness (QED) is 0.396. The Hall–Kier alpha value is -3.06. The van der Waals surface area contributed by atoms with Crippen molar-refractivity contribution in [2.75, 3.05) is 7.11 Å². The lowest BCUT2D eigenvalue weighted by Gasteiger charge is -2.02. The Morgan fingerprint density at radius 2 is 1.58 bits per heavy atom. The summed E-state index contributed by atoms with van der Waals surface area (Å²) in [6.07, 6.45) is 1.02. The van der Waals surface area contributed by atoms with Gasteiger partial charge in [-0.05, 0) is 12.0 Å². The van der Waals surface area contributed by atoms with Crippen LogP contribution in [0, 0.1) is 5.41 Å². The summed E-state index contributed by atoms with van der Waals surface area (Å²) in [5, 5.41) is 17.6. The lowest BCUT2D eigenvalue weighted by molar-refractivity contribution is -0.140. The molecule has 0 aliphatic rings. The summed E-state index contributed by atoms with van der Waals surface area (Å²) in [7, 11) is 1.39. The van der Waals surface area contributed by atoms with Crippen LogP contribution in [0.2, 0.25) is 0 Å². The largest absolute Gasteiger partial charge is 0.469 e. The summed E-state index contributed by atoms with van der Waals surface area (Å²) < 4.78 is 4.66. The molecule has 0 radical (unpaired) electrons. The van der Waals surface area contributed by atoms with Crippen LogP contribution in [0.25, 0.3) is 21.1 Å². The third-order valence-corrected chi connectivity index (χ3v) is 4.94. The zero-order valence-corrected chi connectivity index (χ0v) is 15.0. The van der Waals surface area contributed by atoms with Gasteiger partial charge in [-0.1, -0.05) is 59.9 Å². The molecule has 26 heavy (non-hydrogen) atoms. The van der Waals surface area contributed by atoms with E-state index in [0.717, 1.165) is 26.7 Å². The van der Waals surface area contributed by atoms with Gasteiger partial charge in [0.15, 0.2) is 0 Å². The van der Waals surface area contributed by atoms with Crippen LogP contribution in [0.1, 0.15) is 17.5 Å². The highest BCUT2D eigenvalue weighted by molar-refractivity contribution is 7.17. The van der Waals surface area contributed by atoms with Crippen molar-refractivity contribution in [1.82, 2.24) is 10.2 Å². The molecule has 2 aromatic carbocycles. The standard InChI is InChI=1S/C19H18N4O2S/c1-25-16(24)11-4-12-2-5-14(6-3-12)18-22-23-19(26-18)15-9-7-13(8-10-15)17(20)21/h2-3,5-10H,4,11H2,1H3,(H3,20,21). The van der Waals surface area contributed by atoms with Gasteiger partial charge in [0.05, 0.1) is 7.11 Å². The minimum Gasteiger partial charge on any atom is -0.469 e. The first kappa shape index (κ1) is 17.8. The maximum atomic E-state index is 11.2. The Morgan fingerprint density at radius 3 is 2.08 bits per heavy atom. The van der Waals surface area contributed by atoms with Gasteiger partial charge in [-0.3, -0.25) is 10.2 Å². The molecule has 0 atom stereocenters. The molecule has 6 nitrogen and oxygen atoms in total. The van der Waals surface area contributed by atoms with E-state index in [-0.39, 0.29) is 11.8 Å². The van der Waals surface area contributed by atoms with Crippen molar-refractivity contribution in [2.24, 2.45) is 5.73 Å². The maximum absolute atomic E-state index is 11.2. The first-order valence-electron chi connectivity index (χ1n) is 8.01. The summed E-state index contributed by atoms with van der Waals surface area (Å²) in [5.74, 6) is -0.166. The van der Waals surface area contributed by atoms with E-state index < -0.39 is 0 Å². The van der Waals surface area contributed by atoms with E-state index in [1.54, 1.807) is 12.1 Å². The first-order chi connectivity index (χ1) is 12.6. The molecule has 1 aromatic heterocycles. The number of hydrogen-bond acceptors (Lipinski definition) is 6. The van der Waals surface area contributed by atoms with E-state index in [0.29, 0.717) is 18.4 Å². The predicted octanol–water partition coefficient (Wildman–Crippen LogP) is 3.26. The molecule has 7 heteroatoms. The van der Waals surface area contributed by atoms with Crippen molar-refractivity contribution in [2.45, 2.75) is 12.8 Å². The average Bonchev–Trinajstić information content (AvgIpc) is 3.16. The molecule has 0 bridgehead atoms. The van der Waals surface area contributed by atoms with E-state index in [4.69, 9.17) is 11.1 Å². The smallest absolute Gasteiger partial charge is 0.305 e. The summed E-state index contributed by atoms with van der Waals surface area (Å²) in [6.45, 7) is 0. The molecule has 0 unspecified atom stereocenters. The number of nitrogens with zero attached hydrogens (tertiary/aromatic N) is 2. The Bertz CT molecular complexity index is 917. The predicted molar refractivity (Wildman–Crippen MR) is 102 cm³/mol. The van der Waals surface area contributed by atoms with Crippen molar-refractivity contribution < 1.29 is 9.53 Å². The molecule has 0 amide bonds. The highest BCUT2D eigenvalue weighted by Gasteiger charge is 2.09. The van der Waals surface area contributed by atoms with Crippen LogP contribution < -0.4 is 5.73 Å². The summed E-state index contributed by atoms with van der Waals surface area (Å²) in [5.41, 5.74) is 9.15. The number of esters is 1. The minimum absolute atomic E-state index is 0.0433. The molecule has 3 rings (SSSR count). The van der Waals surface area contributed by atoms with Crippen molar-refractivity contribution >= 4 is 23.1 Å². The summed E-state index contributed by atoms with van der Waals surface area (Å²) >= 11 is 1.50. The number of carbonyl (C=O) groups excluding carboxylic acids is 1. The molecule has 0 aliphatic carbocycles. The van der Waals surface area contributed by atoms with Crippen molar-refractivity contribution in [3.05, 3.63) is 59.7 Å². The van der Waals surface area contributed by atoms with E-state index in [1.165, 1.54) is 18.4 Å². The number of aryl methyl sites for hydroxylation is 1. The number of methoxy groups -OCH3 is 1. The lowest BCUT2D eigenvalue weighted by Crippen LogP contribution is -2.10. The number of nitrogens with one attached hydrogen (secondary N) is 1. The molecule has 0 fully saturated rings. The van der Waals surface area contributed by atoms with Gasteiger partial charge in [-0.2, -0.15) is 0 Å². The van der Waals surface area contributed by atoms with Crippen molar-refractivity contribution in [3.8, 4) is 21.1 Å². The zero-order valence-electron chi connectivity index (χ0n) is 14.2. The lowest BCUT2D eigenvalue weighted by atomic mass is 10.1. The monoisotopic (exact) mass is 366 g/mol. The third-order valence-electron chi connectivity index (χ3n) is 3.91. The van der Waals surface area contributed by atoms with E-state index >= 15 is 0 Å². The third kappa shape index (κ3) is 4.12. The van der Waals surface area contributed by atoms with Gasteiger partial charge in [-0.25, -0.2) is 0 Å². The Balaban J connectivity index is 1.73. The van der Waals surface area contributed by atoms with Crippen LogP contribution in [-0.2, 0) is 16.0 Å². The maximum Gasteiger partial charge on any atom is 0.305 e. The number of nitrogens with two attached hydrogens (primary N) is 1. The zero-order chi connectivity index (χ0) is 18.5. The second kappa shape index (κ2) is 7.88. The number of ether oxygens (including phenoxy) is 1. The summed E-state index contributed by atoms with van der Waals surface area (Å²) in [4.78, 5) is 11.2. The molecule has 0 spiro atoms. The molecular formula is C19H18N4O2S. The Labute approximate surface area is 155 Å². The highest BCUT2D eigenvalue weighted by atomic mass is 32.1. The van der Waals surface area contributed by atoms with Crippen LogP contribution in [-0.4, -0.2) is 29.1 Å². The number of carbonyl (C=O) groups is 1. The van der Waals surface area contributed by atoms with Gasteiger partial charge in [0.2, 0.25) is 0 Å². The van der Waals surface area contributed by atoms with Gasteiger partial charge >= 0.3 is 5.97 Å². The van der Waals surface area contributed by atoms with Gasteiger partial charge < -0.3 is 10.5 Å². The molecule has 132 valence electrons. The number of hydrogen-bond donors (Lipinski definition) is 2. The number of nitrogen functional groups attached to an aromatic ring is 1.